The van der Waals surface area contributed by atoms with Gasteiger partial charge in [-0.1, -0.05) is 0 Å². The maximum absolute atomic E-state index is 11.9. The summed E-state index contributed by atoms with van der Waals surface area (Å²) in [5.41, 5.74) is -0.276. The predicted octanol–water partition coefficient (Wildman–Crippen LogP) is 3.05. The molecule has 0 saturated carbocycles. The lowest BCUT2D eigenvalue weighted by Gasteiger charge is -2.40. The monoisotopic (exact) mass is 399 g/mol. The summed E-state index contributed by atoms with van der Waals surface area (Å²) in [6, 6.07) is 3.58. The third-order valence-electron chi connectivity index (χ3n) is 3.20. The number of hydrogen-bond donors (Lipinski definition) is 1. The molecule has 1 fully saturated rings. The molecule has 1 aliphatic rings. The van der Waals surface area contributed by atoms with Crippen LogP contribution in [0.1, 0.15) is 38.2 Å². The second-order valence-corrected chi connectivity index (χ2v) is 7.33. The van der Waals surface area contributed by atoms with Crippen molar-refractivity contribution in [2.75, 3.05) is 25.0 Å². The Hall–Kier alpha value is -1.83. The number of hydrogen-bond acceptors (Lipinski definition) is 6. The zero-order chi connectivity index (χ0) is 17.9. The summed E-state index contributed by atoms with van der Waals surface area (Å²) in [5, 5.41) is 3.20. The molecule has 0 atom stereocenters. The molecule has 7 nitrogen and oxygen atoms in total. The number of aromatic nitrogens is 1. The topological polar surface area (TPSA) is 80.8 Å². The van der Waals surface area contributed by atoms with Gasteiger partial charge in [0.25, 0.3) is 0 Å². The molecule has 1 aromatic heterocycles. The Balaban J connectivity index is 1.91. The summed E-state index contributed by atoms with van der Waals surface area (Å²) in [7, 11) is 0. The fourth-order valence-electron chi connectivity index (χ4n) is 2.12. The van der Waals surface area contributed by atoms with Crippen molar-refractivity contribution in [3.8, 4) is 0 Å². The third-order valence-corrected chi connectivity index (χ3v) is 3.84. The maximum Gasteiger partial charge on any atom is 0.410 e. The van der Waals surface area contributed by atoms with Crippen LogP contribution in [0.3, 0.4) is 0 Å². The molecule has 8 heteroatoms. The van der Waals surface area contributed by atoms with Crippen LogP contribution in [0.5, 0.6) is 0 Å². The lowest BCUT2D eigenvalue weighted by atomic mass is 10.1. The largest absolute Gasteiger partial charge is 0.461 e. The summed E-state index contributed by atoms with van der Waals surface area (Å²) in [6.07, 6.45) is -0.323. The fraction of sp³-hybridized carbons (Fsp3) is 0.562. The molecule has 0 unspecified atom stereocenters. The predicted molar refractivity (Wildman–Crippen MR) is 93.1 cm³/mol. The molecule has 2 heterocycles. The number of carbonyl (C=O) groups is 2. The Morgan fingerprint density at radius 2 is 2.04 bits per heavy atom. The Bertz CT molecular complexity index is 624. The zero-order valence-electron chi connectivity index (χ0n) is 14.3. The molecule has 1 aliphatic heterocycles. The smallest absolute Gasteiger partial charge is 0.410 e. The number of likely N-dealkylation sites (tertiary alicyclic amines) is 1. The Kier molecular flexibility index (Phi) is 5.69. The van der Waals surface area contributed by atoms with Gasteiger partial charge in [0.15, 0.2) is 5.69 Å². The number of nitrogens with zero attached hydrogens (tertiary/aromatic N) is 2. The Morgan fingerprint density at radius 3 is 2.62 bits per heavy atom. The van der Waals surface area contributed by atoms with E-state index in [9.17, 15) is 9.59 Å². The second-order valence-electron chi connectivity index (χ2n) is 6.47. The standard InChI is InChI=1S/C16H22BrN3O4/c1-5-23-14(21)13-11(17)6-7-12(19-13)18-10-8-20(9-10)15(22)24-16(2,3)4/h6-7,10H,5,8-9H2,1-4H3,(H,18,19). The van der Waals surface area contributed by atoms with Crippen LogP contribution in [0.15, 0.2) is 16.6 Å². The lowest BCUT2D eigenvalue weighted by molar-refractivity contribution is 0.0104. The van der Waals surface area contributed by atoms with Crippen molar-refractivity contribution < 1.29 is 19.1 Å². The van der Waals surface area contributed by atoms with Crippen LogP contribution in [-0.2, 0) is 9.47 Å². The highest BCUT2D eigenvalue weighted by Crippen LogP contribution is 2.21. The van der Waals surface area contributed by atoms with Gasteiger partial charge in [-0.05, 0) is 55.8 Å². The molecule has 1 saturated heterocycles. The van der Waals surface area contributed by atoms with Gasteiger partial charge in [-0.25, -0.2) is 14.6 Å². The van der Waals surface area contributed by atoms with Gasteiger partial charge in [0.05, 0.1) is 17.1 Å². The first kappa shape index (κ1) is 18.5. The van der Waals surface area contributed by atoms with E-state index in [1.54, 1.807) is 24.0 Å². The number of carbonyl (C=O) groups excluding carboxylic acids is 2. The Labute approximate surface area is 149 Å². The van der Waals surface area contributed by atoms with Gasteiger partial charge in [0, 0.05) is 13.1 Å². The van der Waals surface area contributed by atoms with E-state index < -0.39 is 11.6 Å². The normalized spacial score (nSPS) is 14.8. The molecule has 1 N–H and O–H groups in total. The number of esters is 1. The van der Waals surface area contributed by atoms with Crippen molar-refractivity contribution >= 4 is 33.8 Å². The van der Waals surface area contributed by atoms with Crippen LogP contribution in [0.2, 0.25) is 0 Å². The average molecular weight is 400 g/mol. The maximum atomic E-state index is 11.9. The second kappa shape index (κ2) is 7.38. The number of ether oxygens (including phenoxy) is 2. The van der Waals surface area contributed by atoms with E-state index in [-0.39, 0.29) is 24.4 Å². The minimum atomic E-state index is -0.503. The van der Waals surface area contributed by atoms with Crippen LogP contribution in [0.25, 0.3) is 0 Å². The first-order valence-corrected chi connectivity index (χ1v) is 8.57. The van der Waals surface area contributed by atoms with E-state index in [2.05, 4.69) is 26.2 Å². The summed E-state index contributed by atoms with van der Waals surface area (Å²) in [6.45, 7) is 8.60. The van der Waals surface area contributed by atoms with Crippen molar-refractivity contribution in [3.05, 3.63) is 22.3 Å². The summed E-state index contributed by atoms with van der Waals surface area (Å²) in [5.74, 6) is 0.0899. The molecular weight excluding hydrogens is 378 g/mol. The van der Waals surface area contributed by atoms with Crippen LogP contribution in [0.4, 0.5) is 10.6 Å². The highest BCUT2D eigenvalue weighted by Gasteiger charge is 2.33. The van der Waals surface area contributed by atoms with Gasteiger partial charge in [0.2, 0.25) is 0 Å². The number of anilines is 1. The molecule has 0 spiro atoms. The first-order valence-electron chi connectivity index (χ1n) is 7.77. The van der Waals surface area contributed by atoms with Crippen LogP contribution in [0, 0.1) is 0 Å². The van der Waals surface area contributed by atoms with Crippen molar-refractivity contribution in [2.45, 2.75) is 39.3 Å². The number of amides is 1. The molecule has 0 aliphatic carbocycles. The minimum Gasteiger partial charge on any atom is -0.461 e. The van der Waals surface area contributed by atoms with Crippen LogP contribution in [-0.4, -0.2) is 53.3 Å². The van der Waals surface area contributed by atoms with Gasteiger partial charge in [-0.15, -0.1) is 0 Å². The van der Waals surface area contributed by atoms with Crippen LogP contribution >= 0.6 is 15.9 Å². The van der Waals surface area contributed by atoms with Crippen molar-refractivity contribution in [3.63, 3.8) is 0 Å². The van der Waals surface area contributed by atoms with E-state index in [1.807, 2.05) is 20.8 Å². The van der Waals surface area contributed by atoms with Gasteiger partial charge >= 0.3 is 12.1 Å². The molecule has 24 heavy (non-hydrogen) atoms. The van der Waals surface area contributed by atoms with Gasteiger partial charge in [-0.2, -0.15) is 0 Å². The van der Waals surface area contributed by atoms with Gasteiger partial charge in [-0.3, -0.25) is 0 Å². The number of rotatable bonds is 4. The summed E-state index contributed by atoms with van der Waals surface area (Å²) in [4.78, 5) is 29.6. The highest BCUT2D eigenvalue weighted by atomic mass is 79.9. The summed E-state index contributed by atoms with van der Waals surface area (Å²) < 4.78 is 10.9. The molecule has 0 radical (unpaired) electrons. The van der Waals surface area contributed by atoms with E-state index in [1.165, 1.54) is 0 Å². The quantitative estimate of drug-likeness (QED) is 0.783. The highest BCUT2D eigenvalue weighted by molar-refractivity contribution is 9.10. The molecule has 2 rings (SSSR count). The van der Waals surface area contributed by atoms with E-state index in [4.69, 9.17) is 9.47 Å². The zero-order valence-corrected chi connectivity index (χ0v) is 15.8. The van der Waals surface area contributed by atoms with Crippen molar-refractivity contribution in [1.29, 1.82) is 0 Å². The van der Waals surface area contributed by atoms with E-state index in [0.717, 1.165) is 0 Å². The summed E-state index contributed by atoms with van der Waals surface area (Å²) >= 11 is 3.29. The average Bonchev–Trinajstić information content (AvgIpc) is 2.42. The molecule has 132 valence electrons. The number of nitrogens with one attached hydrogen (secondary N) is 1. The van der Waals surface area contributed by atoms with Crippen molar-refractivity contribution in [2.24, 2.45) is 0 Å². The minimum absolute atomic E-state index is 0.0706. The van der Waals surface area contributed by atoms with Gasteiger partial charge in [0.1, 0.15) is 11.4 Å². The molecule has 1 aromatic rings. The number of halogens is 1. The fourth-order valence-corrected chi connectivity index (χ4v) is 2.50. The van der Waals surface area contributed by atoms with Crippen LogP contribution < -0.4 is 5.32 Å². The lowest BCUT2D eigenvalue weighted by Crippen LogP contribution is -2.58. The Morgan fingerprint density at radius 1 is 1.38 bits per heavy atom. The molecule has 0 bridgehead atoms. The molecular formula is C16H22BrN3O4. The van der Waals surface area contributed by atoms with Crippen molar-refractivity contribution in [1.82, 2.24) is 9.88 Å². The van der Waals surface area contributed by atoms with E-state index in [0.29, 0.717) is 23.4 Å². The first-order chi connectivity index (χ1) is 11.2. The number of pyridine rings is 1. The molecule has 1 amide bonds. The molecule has 0 aromatic carbocycles. The van der Waals surface area contributed by atoms with Gasteiger partial charge < -0.3 is 19.7 Å². The SMILES string of the molecule is CCOC(=O)c1nc(NC2CN(C(=O)OC(C)(C)C)C2)ccc1Br. The van der Waals surface area contributed by atoms with E-state index >= 15 is 0 Å². The third kappa shape index (κ3) is 4.83.